The van der Waals surface area contributed by atoms with E-state index in [1.165, 1.54) is 17.3 Å². The number of esters is 1. The monoisotopic (exact) mass is 775 g/mol. The summed E-state index contributed by atoms with van der Waals surface area (Å²) in [6.45, 7) is -0.459. The number of aromatic nitrogens is 2. The Hall–Kier alpha value is -4.62. The highest BCUT2D eigenvalue weighted by atomic mass is 79.9. The normalized spacial score (nSPS) is 19.1. The first-order valence-corrected chi connectivity index (χ1v) is 18.6. The summed E-state index contributed by atoms with van der Waals surface area (Å²) in [6.07, 6.45) is -0.327. The van der Waals surface area contributed by atoms with Crippen LogP contribution in [0.25, 0.3) is 16.8 Å². The minimum atomic E-state index is -4.46. The molecule has 4 aromatic carbocycles. The predicted octanol–water partition coefficient (Wildman–Crippen LogP) is 5.85. The average Bonchev–Trinajstić information content (AvgIpc) is 3.51. The Morgan fingerprint density at radius 2 is 1.69 bits per heavy atom. The van der Waals surface area contributed by atoms with Gasteiger partial charge in [-0.05, 0) is 40.1 Å². The fourth-order valence-electron chi connectivity index (χ4n) is 5.66. The quantitative estimate of drug-likeness (QED) is 0.0923. The van der Waals surface area contributed by atoms with Crippen molar-refractivity contribution >= 4 is 46.5 Å². The van der Waals surface area contributed by atoms with Crippen LogP contribution in [0.4, 0.5) is 0 Å². The smallest absolute Gasteiger partial charge is 0.459 e. The third-order valence-electron chi connectivity index (χ3n) is 8.23. The van der Waals surface area contributed by atoms with Gasteiger partial charge in [0.05, 0.1) is 18.3 Å². The second-order valence-electron chi connectivity index (χ2n) is 11.8. The van der Waals surface area contributed by atoms with Crippen LogP contribution in [-0.2, 0) is 36.4 Å². The van der Waals surface area contributed by atoms with Gasteiger partial charge in [0, 0.05) is 18.0 Å². The lowest BCUT2D eigenvalue weighted by Crippen LogP contribution is -2.40. The van der Waals surface area contributed by atoms with E-state index in [2.05, 4.69) is 26.0 Å². The molecule has 1 aliphatic rings. The number of aromatic amines is 1. The van der Waals surface area contributed by atoms with Gasteiger partial charge in [0.15, 0.2) is 0 Å². The summed E-state index contributed by atoms with van der Waals surface area (Å²) in [6, 6.07) is 29.8. The Morgan fingerprint density at radius 3 is 2.43 bits per heavy atom. The first-order valence-electron chi connectivity index (χ1n) is 16.1. The van der Waals surface area contributed by atoms with Crippen LogP contribution >= 0.6 is 23.7 Å². The van der Waals surface area contributed by atoms with Gasteiger partial charge < -0.3 is 19.1 Å². The van der Waals surface area contributed by atoms with E-state index in [9.17, 15) is 24.1 Å². The van der Waals surface area contributed by atoms with Crippen LogP contribution in [-0.4, -0.2) is 45.5 Å². The van der Waals surface area contributed by atoms with Crippen molar-refractivity contribution in [3.05, 3.63) is 152 Å². The van der Waals surface area contributed by atoms with E-state index in [0.717, 1.165) is 21.1 Å². The number of nitrogens with zero attached hydrogens (tertiary/aromatic N) is 1. The summed E-state index contributed by atoms with van der Waals surface area (Å²) in [4.78, 5) is 42.2. The van der Waals surface area contributed by atoms with E-state index in [1.54, 1.807) is 18.2 Å². The molecule has 1 unspecified atom stereocenters. The van der Waals surface area contributed by atoms with Gasteiger partial charge in [-0.3, -0.25) is 23.7 Å². The first kappa shape index (κ1) is 36.2. The molecule has 1 saturated heterocycles. The largest absolute Gasteiger partial charge is 0.460 e. The third kappa shape index (κ3) is 9.19. The van der Waals surface area contributed by atoms with E-state index >= 15 is 0 Å². The second-order valence-corrected chi connectivity index (χ2v) is 14.0. The van der Waals surface area contributed by atoms with Gasteiger partial charge in [-0.2, -0.15) is 5.09 Å². The molecule has 264 valence electrons. The number of H-pyrrole nitrogens is 1. The maximum Gasteiger partial charge on any atom is 0.459 e. The number of carbonyl (C=O) groups is 1. The number of hydrogen-bond acceptors (Lipinski definition) is 9. The van der Waals surface area contributed by atoms with Crippen molar-refractivity contribution in [3.8, 4) is 5.75 Å². The Labute approximate surface area is 301 Å². The number of nitrogens with one attached hydrogen (secondary N) is 2. The minimum absolute atomic E-state index is 0.0112. The zero-order chi connectivity index (χ0) is 35.8. The summed E-state index contributed by atoms with van der Waals surface area (Å²) in [5, 5.41) is 15.3. The van der Waals surface area contributed by atoms with Crippen molar-refractivity contribution in [2.75, 3.05) is 6.61 Å². The molecular formula is C37H35BrN3O9P. The Bertz CT molecular complexity index is 2150. The topological polar surface area (TPSA) is 158 Å². The molecule has 3 N–H and O–H groups in total. The fourth-order valence-corrected chi connectivity index (χ4v) is 7.46. The number of rotatable bonds is 14. The lowest BCUT2D eigenvalue weighted by atomic mass is 10.1. The van der Waals surface area contributed by atoms with E-state index in [-0.39, 0.29) is 30.8 Å². The van der Waals surface area contributed by atoms with E-state index in [4.69, 9.17) is 18.5 Å². The van der Waals surface area contributed by atoms with Crippen LogP contribution in [0.3, 0.4) is 0 Å². The van der Waals surface area contributed by atoms with E-state index in [0.29, 0.717) is 5.39 Å². The fraction of sp³-hybridized carbons (Fsp3) is 0.216. The summed E-state index contributed by atoms with van der Waals surface area (Å²) in [7, 11) is -4.46. The average molecular weight is 777 g/mol. The molecule has 0 spiro atoms. The third-order valence-corrected chi connectivity index (χ3v) is 10.1. The van der Waals surface area contributed by atoms with Gasteiger partial charge in [-0.1, -0.05) is 113 Å². The molecule has 0 saturated carbocycles. The van der Waals surface area contributed by atoms with E-state index in [1.807, 2.05) is 84.9 Å². The Kier molecular flexibility index (Phi) is 11.8. The molecule has 1 fully saturated rings. The summed E-state index contributed by atoms with van der Waals surface area (Å²) < 4.78 is 39.8. The molecule has 1 aromatic heterocycles. The standard InChI is InChI=1S/C37H35BrN3O9P/c38-19-18-28-22-41(37(45)39-35(28)43)34-21-31(42)33(49-34)24-48-51(46,50-32-17-9-15-27-14-7-8-16-29(27)32)40-30(20-25-10-3-1-4-11-25)36(44)47-23-26-12-5-2-6-13-26/h1-19,22,30-31,33-34,42H,20-21,23-24H2,(H,40,46)(H,39,43,45)/b19-18+/t30-,31-,33+,34+,51?/m0/s1. The molecule has 2 heterocycles. The molecule has 5 aromatic rings. The van der Waals surface area contributed by atoms with Gasteiger partial charge in [0.25, 0.3) is 5.56 Å². The van der Waals surface area contributed by atoms with E-state index < -0.39 is 56.0 Å². The van der Waals surface area contributed by atoms with Crippen LogP contribution < -0.4 is 20.9 Å². The molecule has 0 bridgehead atoms. The molecule has 0 radical (unpaired) electrons. The summed E-state index contributed by atoms with van der Waals surface area (Å²) in [5.74, 6) is -0.450. The van der Waals surface area contributed by atoms with Crippen LogP contribution in [0.5, 0.6) is 5.75 Å². The van der Waals surface area contributed by atoms with Gasteiger partial charge in [0.2, 0.25) is 0 Å². The summed E-state index contributed by atoms with van der Waals surface area (Å²) >= 11 is 3.12. The first-order chi connectivity index (χ1) is 24.7. The van der Waals surface area contributed by atoms with Crippen molar-refractivity contribution in [1.82, 2.24) is 14.6 Å². The van der Waals surface area contributed by atoms with Crippen molar-refractivity contribution < 1.29 is 33.0 Å². The molecular weight excluding hydrogens is 741 g/mol. The number of aliphatic hydroxyl groups excluding tert-OH is 1. The highest BCUT2D eigenvalue weighted by Gasteiger charge is 2.40. The maximum absolute atomic E-state index is 14.8. The molecule has 0 aliphatic carbocycles. The number of benzene rings is 4. The predicted molar refractivity (Wildman–Crippen MR) is 195 cm³/mol. The number of fused-ring (bicyclic) bond motifs is 1. The van der Waals surface area contributed by atoms with Crippen LogP contribution in [0.1, 0.15) is 29.3 Å². The molecule has 12 nitrogen and oxygen atoms in total. The Morgan fingerprint density at radius 1 is 1.00 bits per heavy atom. The van der Waals surface area contributed by atoms with Crippen molar-refractivity contribution in [2.24, 2.45) is 0 Å². The summed E-state index contributed by atoms with van der Waals surface area (Å²) in [5.41, 5.74) is 0.408. The second kappa shape index (κ2) is 16.6. The molecule has 5 atom stereocenters. The SMILES string of the molecule is O=C(OCc1ccccc1)[C@H](Cc1ccccc1)NP(=O)(OC[C@H]1O[C@@H](n2cc(/C=C/Br)c(=O)[nH]c2=O)C[C@@H]1O)Oc1cccc2ccccc12. The number of aliphatic hydroxyl groups is 1. The van der Waals surface area contributed by atoms with Gasteiger partial charge in [-0.25, -0.2) is 9.36 Å². The minimum Gasteiger partial charge on any atom is -0.460 e. The van der Waals surface area contributed by atoms with Crippen molar-refractivity contribution in [2.45, 2.75) is 43.9 Å². The number of halogens is 1. The number of hydrogen-bond donors (Lipinski definition) is 3. The van der Waals surface area contributed by atoms with Crippen LogP contribution in [0.2, 0.25) is 0 Å². The van der Waals surface area contributed by atoms with Crippen molar-refractivity contribution in [1.29, 1.82) is 0 Å². The Balaban J connectivity index is 1.27. The highest BCUT2D eigenvalue weighted by Crippen LogP contribution is 2.48. The van der Waals surface area contributed by atoms with Crippen molar-refractivity contribution in [3.63, 3.8) is 0 Å². The molecule has 0 amide bonds. The van der Waals surface area contributed by atoms with Crippen LogP contribution in [0.15, 0.2) is 124 Å². The van der Waals surface area contributed by atoms with Gasteiger partial charge in [0.1, 0.15) is 30.7 Å². The van der Waals surface area contributed by atoms with Crippen LogP contribution in [0, 0.1) is 0 Å². The number of ether oxygens (including phenoxy) is 2. The van der Waals surface area contributed by atoms with Gasteiger partial charge >= 0.3 is 19.4 Å². The molecule has 1 aliphatic heterocycles. The molecule has 6 rings (SSSR count). The highest BCUT2D eigenvalue weighted by molar-refractivity contribution is 9.11. The molecule has 14 heteroatoms. The maximum atomic E-state index is 14.8. The lowest BCUT2D eigenvalue weighted by Gasteiger charge is -2.26. The molecule has 51 heavy (non-hydrogen) atoms. The van der Waals surface area contributed by atoms with Gasteiger partial charge in [-0.15, -0.1) is 0 Å². The zero-order valence-electron chi connectivity index (χ0n) is 27.2. The lowest BCUT2D eigenvalue weighted by molar-refractivity contribution is -0.147. The zero-order valence-corrected chi connectivity index (χ0v) is 29.7. The number of carbonyl (C=O) groups excluding carboxylic acids is 1.